The summed E-state index contributed by atoms with van der Waals surface area (Å²) in [5.41, 5.74) is 0. The molecule has 0 radical (unpaired) electrons. The van der Waals surface area contributed by atoms with Crippen LogP contribution in [0.3, 0.4) is 0 Å². The Morgan fingerprint density at radius 1 is 1.33 bits per heavy atom. The van der Waals surface area contributed by atoms with Crippen molar-refractivity contribution in [3.05, 3.63) is 0 Å². The van der Waals surface area contributed by atoms with Gasteiger partial charge in [0.05, 0.1) is 0 Å². The van der Waals surface area contributed by atoms with Crippen LogP contribution < -0.4 is 10.6 Å². The molecule has 3 atom stereocenters. The molecule has 3 unspecified atom stereocenters. The van der Waals surface area contributed by atoms with Gasteiger partial charge in [-0.05, 0) is 39.3 Å². The van der Waals surface area contributed by atoms with E-state index in [0.717, 1.165) is 45.3 Å². The summed E-state index contributed by atoms with van der Waals surface area (Å²) >= 11 is 0. The number of rotatable bonds is 3. The van der Waals surface area contributed by atoms with E-state index >= 15 is 0 Å². The van der Waals surface area contributed by atoms with Crippen molar-refractivity contribution in [2.75, 3.05) is 33.2 Å². The van der Waals surface area contributed by atoms with E-state index in [0.29, 0.717) is 13.0 Å². The molecule has 3 rings (SSSR count). The van der Waals surface area contributed by atoms with Crippen LogP contribution in [0.4, 0.5) is 0 Å². The minimum atomic E-state index is -0.0886. The zero-order chi connectivity index (χ0) is 14.8. The predicted octanol–water partition coefficient (Wildman–Crippen LogP) is -0.450. The number of fused-ring (bicyclic) bond motifs is 1. The van der Waals surface area contributed by atoms with Crippen molar-refractivity contribution in [1.29, 1.82) is 0 Å². The van der Waals surface area contributed by atoms with E-state index in [4.69, 9.17) is 0 Å². The molecule has 3 aliphatic rings. The van der Waals surface area contributed by atoms with Gasteiger partial charge in [-0.25, -0.2) is 0 Å². The smallest absolute Gasteiger partial charge is 0.238 e. The van der Waals surface area contributed by atoms with E-state index in [1.807, 2.05) is 4.90 Å². The quantitative estimate of drug-likeness (QED) is 0.740. The Hall–Kier alpha value is -1.14. The Bertz CT molecular complexity index is 408. The van der Waals surface area contributed by atoms with Gasteiger partial charge in [0.25, 0.3) is 0 Å². The summed E-state index contributed by atoms with van der Waals surface area (Å²) in [6, 6.07) is 0.434. The topological polar surface area (TPSA) is 64.7 Å². The minimum Gasteiger partial charge on any atom is -0.353 e. The standard InChI is InChI=1S/C15H26N4O2/c1-18-11(4-5-13(20)19-8-2-3-9-19)10-17-15(21)14-12(18)6-7-16-14/h11-12,14,16H,2-10H2,1H3,(H,17,21). The average molecular weight is 294 g/mol. The van der Waals surface area contributed by atoms with Gasteiger partial charge in [0.1, 0.15) is 6.04 Å². The zero-order valence-electron chi connectivity index (χ0n) is 12.8. The molecular formula is C15H26N4O2. The van der Waals surface area contributed by atoms with E-state index in [-0.39, 0.29) is 29.9 Å². The number of amides is 2. The van der Waals surface area contributed by atoms with Gasteiger partial charge in [0, 0.05) is 38.1 Å². The van der Waals surface area contributed by atoms with Crippen molar-refractivity contribution in [2.24, 2.45) is 0 Å². The van der Waals surface area contributed by atoms with E-state index in [2.05, 4.69) is 22.6 Å². The summed E-state index contributed by atoms with van der Waals surface area (Å²) in [5, 5.41) is 6.30. The fourth-order valence-corrected chi connectivity index (χ4v) is 3.86. The summed E-state index contributed by atoms with van der Waals surface area (Å²) < 4.78 is 0. The maximum absolute atomic E-state index is 12.2. The van der Waals surface area contributed by atoms with Crippen molar-refractivity contribution in [1.82, 2.24) is 20.4 Å². The molecule has 2 N–H and O–H groups in total. The van der Waals surface area contributed by atoms with E-state index in [1.54, 1.807) is 0 Å². The van der Waals surface area contributed by atoms with Gasteiger partial charge in [-0.15, -0.1) is 0 Å². The van der Waals surface area contributed by atoms with E-state index < -0.39 is 0 Å². The van der Waals surface area contributed by atoms with Crippen LogP contribution in [0.1, 0.15) is 32.1 Å². The second-order valence-electron chi connectivity index (χ2n) is 6.48. The Kier molecular flexibility index (Phi) is 4.45. The highest BCUT2D eigenvalue weighted by Crippen LogP contribution is 2.21. The molecule has 0 aromatic heterocycles. The first-order chi connectivity index (χ1) is 10.2. The molecule has 0 bridgehead atoms. The number of carbonyl (C=O) groups is 2. The first-order valence-electron chi connectivity index (χ1n) is 8.17. The molecule has 3 fully saturated rings. The molecule has 0 aromatic carbocycles. The Balaban J connectivity index is 1.56. The molecular weight excluding hydrogens is 268 g/mol. The number of hydrogen-bond acceptors (Lipinski definition) is 4. The molecule has 0 saturated carbocycles. The SMILES string of the molecule is CN1C(CCC(=O)N2CCCC2)CNC(=O)C2NCCC21. The van der Waals surface area contributed by atoms with E-state index in [1.165, 1.54) is 0 Å². The molecule has 6 nitrogen and oxygen atoms in total. The number of carbonyl (C=O) groups excluding carboxylic acids is 2. The number of likely N-dealkylation sites (N-methyl/N-ethyl adjacent to an activating group) is 1. The monoisotopic (exact) mass is 294 g/mol. The number of nitrogens with one attached hydrogen (secondary N) is 2. The first-order valence-corrected chi connectivity index (χ1v) is 8.17. The molecule has 0 spiro atoms. The Labute approximate surface area is 126 Å². The third-order valence-electron chi connectivity index (χ3n) is 5.23. The summed E-state index contributed by atoms with van der Waals surface area (Å²) in [4.78, 5) is 28.5. The molecule has 118 valence electrons. The molecule has 21 heavy (non-hydrogen) atoms. The fourth-order valence-electron chi connectivity index (χ4n) is 3.86. The maximum Gasteiger partial charge on any atom is 0.238 e. The normalized spacial score (nSPS) is 33.7. The van der Waals surface area contributed by atoms with Gasteiger partial charge >= 0.3 is 0 Å². The summed E-state index contributed by atoms with van der Waals surface area (Å²) in [7, 11) is 2.09. The van der Waals surface area contributed by atoms with Crippen molar-refractivity contribution < 1.29 is 9.59 Å². The third kappa shape index (κ3) is 3.06. The van der Waals surface area contributed by atoms with Crippen LogP contribution in [-0.2, 0) is 9.59 Å². The Morgan fingerprint density at radius 2 is 2.10 bits per heavy atom. The van der Waals surface area contributed by atoms with Crippen LogP contribution in [0.25, 0.3) is 0 Å². The minimum absolute atomic E-state index is 0.0886. The number of likely N-dealkylation sites (tertiary alicyclic amines) is 1. The van der Waals surface area contributed by atoms with Crippen LogP contribution in [0.5, 0.6) is 0 Å². The van der Waals surface area contributed by atoms with Crippen LogP contribution in [0.15, 0.2) is 0 Å². The molecule has 3 saturated heterocycles. The highest BCUT2D eigenvalue weighted by molar-refractivity contribution is 5.83. The van der Waals surface area contributed by atoms with Crippen LogP contribution in [0.2, 0.25) is 0 Å². The zero-order valence-corrected chi connectivity index (χ0v) is 12.8. The maximum atomic E-state index is 12.2. The lowest BCUT2D eigenvalue weighted by atomic mass is 10.0. The highest BCUT2D eigenvalue weighted by atomic mass is 16.2. The Morgan fingerprint density at radius 3 is 2.86 bits per heavy atom. The summed E-state index contributed by atoms with van der Waals surface area (Å²) in [6.07, 6.45) is 4.71. The molecule has 6 heteroatoms. The largest absolute Gasteiger partial charge is 0.353 e. The van der Waals surface area contributed by atoms with E-state index in [9.17, 15) is 9.59 Å². The van der Waals surface area contributed by atoms with Crippen LogP contribution in [-0.4, -0.2) is 73.0 Å². The van der Waals surface area contributed by atoms with Gasteiger partial charge in [-0.2, -0.15) is 0 Å². The summed E-state index contributed by atoms with van der Waals surface area (Å²) in [5.74, 6) is 0.385. The highest BCUT2D eigenvalue weighted by Gasteiger charge is 2.40. The predicted molar refractivity (Wildman–Crippen MR) is 79.8 cm³/mol. The number of nitrogens with zero attached hydrogens (tertiary/aromatic N) is 2. The van der Waals surface area contributed by atoms with Crippen LogP contribution in [0, 0.1) is 0 Å². The molecule has 0 aliphatic carbocycles. The number of hydrogen-bond donors (Lipinski definition) is 2. The van der Waals surface area contributed by atoms with Gasteiger partial charge < -0.3 is 15.5 Å². The lowest BCUT2D eigenvalue weighted by Crippen LogP contribution is -2.48. The van der Waals surface area contributed by atoms with Crippen molar-refractivity contribution >= 4 is 11.8 Å². The lowest BCUT2D eigenvalue weighted by molar-refractivity contribution is -0.130. The van der Waals surface area contributed by atoms with Gasteiger partial charge in [0.15, 0.2) is 0 Å². The second-order valence-corrected chi connectivity index (χ2v) is 6.48. The van der Waals surface area contributed by atoms with Crippen molar-refractivity contribution in [2.45, 2.75) is 50.2 Å². The fraction of sp³-hybridized carbons (Fsp3) is 0.867. The van der Waals surface area contributed by atoms with Gasteiger partial charge in [-0.1, -0.05) is 0 Å². The summed E-state index contributed by atoms with van der Waals surface area (Å²) in [6.45, 7) is 3.39. The molecule has 3 heterocycles. The molecule has 3 aliphatic heterocycles. The molecule has 0 aromatic rings. The lowest BCUT2D eigenvalue weighted by Gasteiger charge is -2.31. The first kappa shape index (κ1) is 14.8. The second kappa shape index (κ2) is 6.32. The molecule has 2 amide bonds. The average Bonchev–Trinajstić information content (AvgIpc) is 3.15. The third-order valence-corrected chi connectivity index (χ3v) is 5.23. The van der Waals surface area contributed by atoms with Crippen molar-refractivity contribution in [3.63, 3.8) is 0 Å². The van der Waals surface area contributed by atoms with Gasteiger partial charge in [0.2, 0.25) is 11.8 Å². The van der Waals surface area contributed by atoms with Crippen LogP contribution >= 0.6 is 0 Å². The van der Waals surface area contributed by atoms with Gasteiger partial charge in [-0.3, -0.25) is 14.5 Å². The van der Waals surface area contributed by atoms with Crippen molar-refractivity contribution in [3.8, 4) is 0 Å².